The Morgan fingerprint density at radius 3 is 2.73 bits per heavy atom. The minimum absolute atomic E-state index is 0.0568. The zero-order valence-corrected chi connectivity index (χ0v) is 26.2. The van der Waals surface area contributed by atoms with Crippen LogP contribution >= 0.6 is 0 Å². The van der Waals surface area contributed by atoms with E-state index in [9.17, 15) is 23.9 Å². The number of terminal acetylenes is 1. The molecule has 7 rings (SSSR count). The maximum atomic E-state index is 16.8. The lowest BCUT2D eigenvalue weighted by Crippen LogP contribution is -2.56. The van der Waals surface area contributed by atoms with E-state index in [-0.39, 0.29) is 91.1 Å². The molecule has 48 heavy (non-hydrogen) atoms. The van der Waals surface area contributed by atoms with Crippen molar-refractivity contribution in [2.45, 2.75) is 49.7 Å². The van der Waals surface area contributed by atoms with Crippen molar-refractivity contribution in [2.24, 2.45) is 5.92 Å². The third-order valence-corrected chi connectivity index (χ3v) is 9.87. The molecule has 6 atom stereocenters. The second-order valence-corrected chi connectivity index (χ2v) is 12.8. The second-order valence-electron chi connectivity index (χ2n) is 12.8. The van der Waals surface area contributed by atoms with E-state index in [1.54, 1.807) is 11.9 Å². The van der Waals surface area contributed by atoms with Gasteiger partial charge in [-0.3, -0.25) is 9.69 Å². The van der Waals surface area contributed by atoms with Gasteiger partial charge in [-0.1, -0.05) is 18.6 Å². The van der Waals surface area contributed by atoms with E-state index < -0.39 is 35.9 Å². The number of carbonyl (C=O) groups is 1. The van der Waals surface area contributed by atoms with Crippen LogP contribution in [0.5, 0.6) is 6.01 Å². The number of hydrogen-bond acceptors (Lipinski definition) is 10. The maximum Gasteiger partial charge on any atom is 0.319 e. The van der Waals surface area contributed by atoms with Gasteiger partial charge < -0.3 is 24.5 Å². The van der Waals surface area contributed by atoms with Crippen LogP contribution in [0.1, 0.15) is 24.0 Å². The fourth-order valence-electron chi connectivity index (χ4n) is 7.64. The third-order valence-electron chi connectivity index (χ3n) is 9.87. The second kappa shape index (κ2) is 12.3. The minimum atomic E-state index is -0.999. The Morgan fingerprint density at radius 1 is 1.21 bits per heavy atom. The Kier molecular flexibility index (Phi) is 8.09. The van der Waals surface area contributed by atoms with Crippen LogP contribution in [0.4, 0.5) is 30.5 Å². The number of alkyl halides is 1. The minimum Gasteiger partial charge on any atom is -0.462 e. The molecule has 1 amide bonds. The van der Waals surface area contributed by atoms with E-state index in [0.717, 1.165) is 0 Å². The zero-order chi connectivity index (χ0) is 33.9. The molecule has 11 nitrogen and oxygen atoms in total. The topological polar surface area (TPSA) is 122 Å². The van der Waals surface area contributed by atoms with Crippen LogP contribution < -0.4 is 14.5 Å². The summed E-state index contributed by atoms with van der Waals surface area (Å²) in [6.07, 6.45) is 7.33. The Morgan fingerprint density at radius 2 is 2.02 bits per heavy atom. The lowest BCUT2D eigenvalue weighted by Gasteiger charge is -2.41. The molecule has 3 saturated heterocycles. The number of piperazine rings is 1. The molecular formula is C34H33F3N8O3. The van der Waals surface area contributed by atoms with Crippen molar-refractivity contribution < 1.29 is 27.8 Å². The van der Waals surface area contributed by atoms with Crippen LogP contribution in [0.15, 0.2) is 31.0 Å². The first-order chi connectivity index (χ1) is 23.1. The molecule has 0 aliphatic carbocycles. The van der Waals surface area contributed by atoms with Gasteiger partial charge in [-0.25, -0.2) is 18.2 Å². The number of benzene rings is 1. The average molecular weight is 659 g/mol. The van der Waals surface area contributed by atoms with Crippen molar-refractivity contribution in [1.82, 2.24) is 24.8 Å². The van der Waals surface area contributed by atoms with Gasteiger partial charge in [0.2, 0.25) is 5.91 Å². The van der Waals surface area contributed by atoms with Crippen molar-refractivity contribution >= 4 is 34.1 Å². The van der Waals surface area contributed by atoms with E-state index in [4.69, 9.17) is 11.2 Å². The van der Waals surface area contributed by atoms with Gasteiger partial charge in [-0.05, 0) is 37.6 Å². The number of halogens is 3. The average Bonchev–Trinajstić information content (AvgIpc) is 3.52. The third kappa shape index (κ3) is 5.25. The number of aromatic nitrogens is 3. The number of hydrogen-bond donors (Lipinski definition) is 1. The van der Waals surface area contributed by atoms with Gasteiger partial charge in [0.15, 0.2) is 11.6 Å². The molecular weight excluding hydrogens is 625 g/mol. The molecule has 6 heterocycles. The van der Waals surface area contributed by atoms with E-state index in [1.807, 2.05) is 9.80 Å². The van der Waals surface area contributed by atoms with Crippen molar-refractivity contribution in [3.8, 4) is 24.4 Å². The molecule has 3 fully saturated rings. The highest BCUT2D eigenvalue weighted by molar-refractivity contribution is 5.93. The van der Waals surface area contributed by atoms with Crippen molar-refractivity contribution in [3.63, 3.8) is 0 Å². The Balaban J connectivity index is 1.33. The van der Waals surface area contributed by atoms with E-state index >= 15 is 4.39 Å². The number of ether oxygens (including phenoxy) is 1. The van der Waals surface area contributed by atoms with Gasteiger partial charge in [0.05, 0.1) is 53.4 Å². The highest BCUT2D eigenvalue weighted by atomic mass is 19.1. The predicted octanol–water partition coefficient (Wildman–Crippen LogP) is 2.88. The molecule has 1 N–H and O–H groups in total. The van der Waals surface area contributed by atoms with Gasteiger partial charge in [0, 0.05) is 38.3 Å². The lowest BCUT2D eigenvalue weighted by atomic mass is 9.95. The fourth-order valence-corrected chi connectivity index (χ4v) is 7.64. The number of fused-ring (bicyclic) bond motifs is 4. The van der Waals surface area contributed by atoms with E-state index in [1.165, 1.54) is 29.3 Å². The van der Waals surface area contributed by atoms with Crippen molar-refractivity contribution in [2.75, 3.05) is 49.6 Å². The number of rotatable bonds is 6. The van der Waals surface area contributed by atoms with Gasteiger partial charge >= 0.3 is 6.01 Å². The van der Waals surface area contributed by atoms with Gasteiger partial charge in [-0.2, -0.15) is 15.2 Å². The fraction of sp³-hybridized carbons (Fsp3) is 0.441. The summed E-state index contributed by atoms with van der Waals surface area (Å²) in [6, 6.07) is 3.88. The standard InChI is InChI=1S/C34H33F3N8O3/c1-4-24-26(36)7-6-18-9-23(46)15-44(31(18)24)33-29(37)30-25(12-39-33)32(41-34(40-30)48-17-22-10-20(35)13-42(22)3)43-14-21-8-19(11-38)27(16-43)45(21)28(47)5-2/h1,5-7,12,19-23,27,46H,2,8-10,13-17H2,3H3/t19?,20-,21-,22+,23+,27-/m1/s1. The summed E-state index contributed by atoms with van der Waals surface area (Å²) in [5.41, 5.74) is 0.566. The largest absolute Gasteiger partial charge is 0.462 e. The van der Waals surface area contributed by atoms with Crippen LogP contribution in [0, 0.1) is 41.2 Å². The number of pyridine rings is 1. The summed E-state index contributed by atoms with van der Waals surface area (Å²) in [5, 5.41) is 20.8. The van der Waals surface area contributed by atoms with Crippen LogP contribution in [0.3, 0.4) is 0 Å². The van der Waals surface area contributed by atoms with E-state index in [2.05, 4.69) is 33.5 Å². The summed E-state index contributed by atoms with van der Waals surface area (Å²) in [6.45, 7) is 4.37. The molecule has 2 aromatic heterocycles. The number of likely N-dealkylation sites (tertiary alicyclic amines) is 1. The number of likely N-dealkylation sites (N-methyl/N-ethyl adjacent to an activating group) is 1. The summed E-state index contributed by atoms with van der Waals surface area (Å²) in [4.78, 5) is 33.1. The number of nitrogens with zero attached hydrogens (tertiary/aromatic N) is 8. The van der Waals surface area contributed by atoms with Crippen LogP contribution in [0.2, 0.25) is 0 Å². The SMILES string of the molecule is C#Cc1c(F)ccc2c1N(c1ncc3c(N4C[C@H]5CC(C#N)[C@@H](C4)N5C(=O)C=C)nc(OC[C@@H]4C[C@@H](F)CN4C)nc3c1F)C[C@@H](O)C2. The number of anilines is 3. The highest BCUT2D eigenvalue weighted by Gasteiger charge is 2.49. The number of aliphatic hydroxyl groups is 1. The van der Waals surface area contributed by atoms with Gasteiger partial charge in [0.1, 0.15) is 29.9 Å². The molecule has 3 aromatic rings. The molecule has 2 bridgehead atoms. The normalized spacial score (nSPS) is 26.7. The van der Waals surface area contributed by atoms with Gasteiger partial charge in [-0.15, -0.1) is 6.42 Å². The molecule has 14 heteroatoms. The highest BCUT2D eigenvalue weighted by Crippen LogP contribution is 2.42. The molecule has 0 spiro atoms. The summed E-state index contributed by atoms with van der Waals surface area (Å²) < 4.78 is 51.8. The summed E-state index contributed by atoms with van der Waals surface area (Å²) in [7, 11) is 1.79. The summed E-state index contributed by atoms with van der Waals surface area (Å²) in [5.74, 6) is 0.215. The number of β-amino-alcohol motifs (C(OH)–C–C–N with tert-alkyl or cyclic N) is 1. The first-order valence-electron chi connectivity index (χ1n) is 15.8. The van der Waals surface area contributed by atoms with Crippen molar-refractivity contribution in [1.29, 1.82) is 5.26 Å². The number of nitriles is 1. The Hall–Kier alpha value is -4.92. The zero-order valence-electron chi connectivity index (χ0n) is 26.2. The molecule has 4 aliphatic rings. The summed E-state index contributed by atoms with van der Waals surface area (Å²) >= 11 is 0. The van der Waals surface area contributed by atoms with Crippen LogP contribution in [0.25, 0.3) is 10.9 Å². The Bertz CT molecular complexity index is 1900. The van der Waals surface area contributed by atoms with Gasteiger partial charge in [0.25, 0.3) is 0 Å². The van der Waals surface area contributed by atoms with Crippen LogP contribution in [-0.4, -0.2) is 106 Å². The predicted molar refractivity (Wildman–Crippen MR) is 170 cm³/mol. The van der Waals surface area contributed by atoms with Crippen LogP contribution in [-0.2, 0) is 11.2 Å². The first kappa shape index (κ1) is 31.7. The molecule has 1 unspecified atom stereocenters. The Labute approximate surface area is 275 Å². The number of amides is 1. The monoisotopic (exact) mass is 658 g/mol. The number of aliphatic hydroxyl groups excluding tert-OH is 1. The first-order valence-corrected chi connectivity index (χ1v) is 15.8. The molecule has 248 valence electrons. The molecule has 1 aromatic carbocycles. The van der Waals surface area contributed by atoms with Crippen molar-refractivity contribution in [3.05, 3.63) is 53.7 Å². The smallest absolute Gasteiger partial charge is 0.319 e. The molecule has 0 saturated carbocycles. The quantitative estimate of drug-likeness (QED) is 0.313. The molecule has 4 aliphatic heterocycles. The molecule has 0 radical (unpaired) electrons. The van der Waals surface area contributed by atoms with E-state index in [0.29, 0.717) is 24.3 Å². The lowest BCUT2D eigenvalue weighted by molar-refractivity contribution is -0.129. The number of carbonyl (C=O) groups excluding carboxylic acids is 1. The maximum absolute atomic E-state index is 16.8.